The molecule has 3 heteroatoms. The maximum Gasteiger partial charge on any atom is 0.0605 e. The summed E-state index contributed by atoms with van der Waals surface area (Å²) in [7, 11) is 0. The van der Waals surface area contributed by atoms with E-state index in [1.807, 2.05) is 24.5 Å². The fraction of sp³-hybridized carbons (Fsp3) is 0.667. The molecule has 1 fully saturated rings. The van der Waals surface area contributed by atoms with Crippen molar-refractivity contribution in [3.05, 3.63) is 30.1 Å². The van der Waals surface area contributed by atoms with Crippen molar-refractivity contribution in [2.24, 2.45) is 5.41 Å². The van der Waals surface area contributed by atoms with Crippen molar-refractivity contribution in [3.63, 3.8) is 0 Å². The first-order valence-electron chi connectivity index (χ1n) is 6.93. The van der Waals surface area contributed by atoms with E-state index in [-0.39, 0.29) is 11.5 Å². The van der Waals surface area contributed by atoms with Gasteiger partial charge in [-0.1, -0.05) is 19.8 Å². The fourth-order valence-corrected chi connectivity index (χ4v) is 2.74. The molecule has 1 aromatic rings. The molecule has 1 aromatic heterocycles. The van der Waals surface area contributed by atoms with Crippen LogP contribution in [0, 0.1) is 5.41 Å². The number of aliphatic hydroxyl groups is 1. The van der Waals surface area contributed by atoms with Crippen LogP contribution in [-0.4, -0.2) is 22.7 Å². The fourth-order valence-electron chi connectivity index (χ4n) is 2.74. The second-order valence-corrected chi connectivity index (χ2v) is 5.80. The van der Waals surface area contributed by atoms with Crippen LogP contribution in [0.4, 0.5) is 0 Å². The third-order valence-corrected chi connectivity index (χ3v) is 4.30. The Kier molecular flexibility index (Phi) is 4.36. The van der Waals surface area contributed by atoms with E-state index in [4.69, 9.17) is 0 Å². The molecule has 3 nitrogen and oxygen atoms in total. The summed E-state index contributed by atoms with van der Waals surface area (Å²) in [4.78, 5) is 4.04. The first-order valence-corrected chi connectivity index (χ1v) is 6.93. The molecule has 1 aliphatic carbocycles. The van der Waals surface area contributed by atoms with Crippen molar-refractivity contribution < 1.29 is 5.11 Å². The molecule has 0 aliphatic heterocycles. The van der Waals surface area contributed by atoms with Crippen LogP contribution in [0.3, 0.4) is 0 Å². The normalized spacial score (nSPS) is 30.1. The Morgan fingerprint density at radius 2 is 2.17 bits per heavy atom. The zero-order valence-corrected chi connectivity index (χ0v) is 11.4. The van der Waals surface area contributed by atoms with E-state index < -0.39 is 0 Å². The standard InChI is InChI=1S/C15H24N2O/c1-12(13-6-9-16-10-7-13)17-11-15(2)8-4-3-5-14(15)18/h6-7,9-10,12,14,17-18H,3-5,8,11H2,1-2H3. The molecule has 1 saturated carbocycles. The van der Waals surface area contributed by atoms with E-state index in [0.29, 0.717) is 6.04 Å². The molecule has 100 valence electrons. The maximum atomic E-state index is 10.2. The Morgan fingerprint density at radius 3 is 2.83 bits per heavy atom. The first kappa shape index (κ1) is 13.5. The van der Waals surface area contributed by atoms with Gasteiger partial charge in [0.2, 0.25) is 0 Å². The lowest BCUT2D eigenvalue weighted by Gasteiger charge is -2.39. The molecular weight excluding hydrogens is 224 g/mol. The molecule has 0 amide bonds. The SMILES string of the molecule is CC(NCC1(C)CCCCC1O)c1ccncc1. The summed E-state index contributed by atoms with van der Waals surface area (Å²) >= 11 is 0. The van der Waals surface area contributed by atoms with Gasteiger partial charge < -0.3 is 10.4 Å². The molecule has 0 bridgehead atoms. The topological polar surface area (TPSA) is 45.1 Å². The van der Waals surface area contributed by atoms with Gasteiger partial charge in [0.15, 0.2) is 0 Å². The van der Waals surface area contributed by atoms with Crippen LogP contribution in [0.5, 0.6) is 0 Å². The highest BCUT2D eigenvalue weighted by Crippen LogP contribution is 2.35. The molecule has 0 saturated heterocycles. The van der Waals surface area contributed by atoms with E-state index in [9.17, 15) is 5.11 Å². The van der Waals surface area contributed by atoms with Crippen molar-refractivity contribution in [1.29, 1.82) is 0 Å². The highest BCUT2D eigenvalue weighted by Gasteiger charge is 2.35. The van der Waals surface area contributed by atoms with E-state index in [2.05, 4.69) is 24.1 Å². The number of hydrogen-bond donors (Lipinski definition) is 2. The quantitative estimate of drug-likeness (QED) is 0.861. The Morgan fingerprint density at radius 1 is 1.44 bits per heavy atom. The molecule has 0 spiro atoms. The lowest BCUT2D eigenvalue weighted by molar-refractivity contribution is -0.0000137. The van der Waals surface area contributed by atoms with E-state index in [1.54, 1.807) is 0 Å². The van der Waals surface area contributed by atoms with Gasteiger partial charge in [0, 0.05) is 30.4 Å². The molecule has 2 N–H and O–H groups in total. The predicted molar refractivity (Wildman–Crippen MR) is 73.2 cm³/mol. The first-order chi connectivity index (χ1) is 8.62. The van der Waals surface area contributed by atoms with Gasteiger partial charge in [0.05, 0.1) is 6.10 Å². The Hall–Kier alpha value is -0.930. The number of aromatic nitrogens is 1. The van der Waals surface area contributed by atoms with Crippen LogP contribution in [0.15, 0.2) is 24.5 Å². The molecule has 18 heavy (non-hydrogen) atoms. The smallest absolute Gasteiger partial charge is 0.0605 e. The number of pyridine rings is 1. The second kappa shape index (κ2) is 5.81. The number of hydrogen-bond acceptors (Lipinski definition) is 3. The molecule has 0 radical (unpaired) electrons. The molecule has 3 atom stereocenters. The lowest BCUT2D eigenvalue weighted by Crippen LogP contribution is -2.44. The minimum Gasteiger partial charge on any atom is -0.393 e. The third kappa shape index (κ3) is 3.09. The summed E-state index contributed by atoms with van der Waals surface area (Å²) in [5.74, 6) is 0. The maximum absolute atomic E-state index is 10.2. The van der Waals surface area contributed by atoms with E-state index in [1.165, 1.54) is 12.0 Å². The highest BCUT2D eigenvalue weighted by atomic mass is 16.3. The van der Waals surface area contributed by atoms with Crippen LogP contribution in [-0.2, 0) is 0 Å². The van der Waals surface area contributed by atoms with Crippen molar-refractivity contribution in [2.45, 2.75) is 51.7 Å². The number of nitrogens with one attached hydrogen (secondary N) is 1. The van der Waals surface area contributed by atoms with Crippen LogP contribution >= 0.6 is 0 Å². The van der Waals surface area contributed by atoms with Gasteiger partial charge in [-0.2, -0.15) is 0 Å². The van der Waals surface area contributed by atoms with Crippen LogP contribution in [0.25, 0.3) is 0 Å². The molecule has 1 heterocycles. The van der Waals surface area contributed by atoms with Gasteiger partial charge in [-0.05, 0) is 37.5 Å². The Balaban J connectivity index is 1.91. The summed E-state index contributed by atoms with van der Waals surface area (Å²) in [6.45, 7) is 5.23. The molecule has 3 unspecified atom stereocenters. The highest BCUT2D eigenvalue weighted by molar-refractivity contribution is 5.14. The Bertz CT molecular complexity index is 368. The van der Waals surface area contributed by atoms with E-state index >= 15 is 0 Å². The van der Waals surface area contributed by atoms with Gasteiger partial charge in [-0.15, -0.1) is 0 Å². The van der Waals surface area contributed by atoms with Crippen molar-refractivity contribution in [1.82, 2.24) is 10.3 Å². The van der Waals surface area contributed by atoms with Gasteiger partial charge in [-0.3, -0.25) is 4.98 Å². The minimum atomic E-state index is -0.164. The number of rotatable bonds is 4. The summed E-state index contributed by atoms with van der Waals surface area (Å²) in [6, 6.07) is 4.38. The summed E-state index contributed by atoms with van der Waals surface area (Å²) in [5.41, 5.74) is 1.28. The van der Waals surface area contributed by atoms with Gasteiger partial charge in [-0.25, -0.2) is 0 Å². The predicted octanol–water partition coefficient (Wildman–Crippen LogP) is 2.67. The Labute approximate surface area is 110 Å². The zero-order chi connectivity index (χ0) is 13.0. The van der Waals surface area contributed by atoms with Crippen molar-refractivity contribution in [3.8, 4) is 0 Å². The lowest BCUT2D eigenvalue weighted by atomic mass is 9.73. The molecule has 1 aliphatic rings. The van der Waals surface area contributed by atoms with Crippen LogP contribution in [0.2, 0.25) is 0 Å². The van der Waals surface area contributed by atoms with E-state index in [0.717, 1.165) is 25.8 Å². The number of aliphatic hydroxyl groups excluding tert-OH is 1. The minimum absolute atomic E-state index is 0.0273. The number of nitrogens with zero attached hydrogens (tertiary/aromatic N) is 1. The van der Waals surface area contributed by atoms with Gasteiger partial charge >= 0.3 is 0 Å². The molecular formula is C15H24N2O. The summed E-state index contributed by atoms with van der Waals surface area (Å²) in [5, 5.41) is 13.7. The van der Waals surface area contributed by atoms with Gasteiger partial charge in [0.25, 0.3) is 0 Å². The molecule has 0 aromatic carbocycles. The van der Waals surface area contributed by atoms with Crippen molar-refractivity contribution in [2.75, 3.05) is 6.54 Å². The summed E-state index contributed by atoms with van der Waals surface area (Å²) in [6.07, 6.45) is 7.94. The van der Waals surface area contributed by atoms with Gasteiger partial charge in [0.1, 0.15) is 0 Å². The second-order valence-electron chi connectivity index (χ2n) is 5.80. The monoisotopic (exact) mass is 248 g/mol. The van der Waals surface area contributed by atoms with Crippen LogP contribution < -0.4 is 5.32 Å². The average molecular weight is 248 g/mol. The van der Waals surface area contributed by atoms with Crippen molar-refractivity contribution >= 4 is 0 Å². The molecule has 2 rings (SSSR count). The largest absolute Gasteiger partial charge is 0.393 e. The zero-order valence-electron chi connectivity index (χ0n) is 11.4. The summed E-state index contributed by atoms with van der Waals surface area (Å²) < 4.78 is 0. The average Bonchev–Trinajstić information content (AvgIpc) is 2.41. The van der Waals surface area contributed by atoms with Crippen LogP contribution in [0.1, 0.15) is 51.1 Å². The third-order valence-electron chi connectivity index (χ3n) is 4.30.